The van der Waals surface area contributed by atoms with Crippen LogP contribution in [0.1, 0.15) is 41.0 Å². The molecule has 23 heavy (non-hydrogen) atoms. The summed E-state index contributed by atoms with van der Waals surface area (Å²) in [5, 5.41) is 2.04. The van der Waals surface area contributed by atoms with Gasteiger partial charge in [0.1, 0.15) is 0 Å². The summed E-state index contributed by atoms with van der Waals surface area (Å²) in [6.07, 6.45) is 3.96. The molecule has 0 bridgehead atoms. The van der Waals surface area contributed by atoms with Crippen molar-refractivity contribution in [1.29, 1.82) is 0 Å². The molecule has 1 aliphatic rings. The first-order valence-corrected chi connectivity index (χ1v) is 9.23. The maximum atomic E-state index is 12.0. The molecule has 2 aromatic heterocycles. The van der Waals surface area contributed by atoms with E-state index >= 15 is 0 Å². The topological polar surface area (TPSA) is 51.3 Å². The van der Waals surface area contributed by atoms with Crippen molar-refractivity contribution in [2.24, 2.45) is 5.73 Å². The third-order valence-electron chi connectivity index (χ3n) is 4.89. The Balaban J connectivity index is 1.91. The number of thiophene rings is 1. The van der Waals surface area contributed by atoms with Crippen LogP contribution in [-0.4, -0.2) is 35.0 Å². The third kappa shape index (κ3) is 3.21. The number of likely N-dealkylation sites (tertiary alicyclic amines) is 1. The molecule has 3 rings (SSSR count). The molecule has 0 saturated carbocycles. The lowest BCUT2D eigenvalue weighted by Crippen LogP contribution is -2.32. The minimum absolute atomic E-state index is 0.328. The van der Waals surface area contributed by atoms with Gasteiger partial charge in [0, 0.05) is 34.9 Å². The molecule has 1 amide bonds. The quantitative estimate of drug-likeness (QED) is 0.913. The summed E-state index contributed by atoms with van der Waals surface area (Å²) in [6.45, 7) is 8.46. The van der Waals surface area contributed by atoms with E-state index in [1.54, 1.807) is 11.3 Å². The van der Waals surface area contributed by atoms with E-state index in [0.717, 1.165) is 34.9 Å². The molecule has 0 radical (unpaired) electrons. The highest BCUT2D eigenvalue weighted by Crippen LogP contribution is 2.35. The van der Waals surface area contributed by atoms with Gasteiger partial charge in [-0.15, -0.1) is 11.3 Å². The van der Waals surface area contributed by atoms with Crippen molar-refractivity contribution in [2.45, 2.75) is 39.7 Å². The molecule has 0 atom stereocenters. The highest BCUT2D eigenvalue weighted by molar-refractivity contribution is 7.13. The highest BCUT2D eigenvalue weighted by atomic mass is 32.1. The van der Waals surface area contributed by atoms with Gasteiger partial charge in [-0.25, -0.2) is 0 Å². The van der Waals surface area contributed by atoms with E-state index in [1.807, 2.05) is 18.4 Å². The van der Waals surface area contributed by atoms with Crippen LogP contribution in [0.2, 0.25) is 0 Å². The van der Waals surface area contributed by atoms with Crippen LogP contribution in [-0.2, 0) is 6.54 Å². The number of hydrogen-bond acceptors (Lipinski definition) is 3. The largest absolute Gasteiger partial charge is 0.366 e. The molecular formula is C18H25N3OS. The molecule has 124 valence electrons. The minimum Gasteiger partial charge on any atom is -0.366 e. The summed E-state index contributed by atoms with van der Waals surface area (Å²) in [4.78, 5) is 15.7. The Morgan fingerprint density at radius 1 is 1.17 bits per heavy atom. The van der Waals surface area contributed by atoms with Gasteiger partial charge in [-0.3, -0.25) is 4.79 Å². The predicted molar refractivity (Wildman–Crippen MR) is 96.0 cm³/mol. The standard InChI is InChI=1S/C18H25N3OS/c1-13-16(15-7-6-12-23-15)17(18(19)22)14(2)21(13)11-10-20-8-4-3-5-9-20/h6-7,12H,3-5,8-11H2,1-2H3,(H2,19,22). The number of carbonyl (C=O) groups is 1. The fourth-order valence-corrected chi connectivity index (χ4v) is 4.50. The van der Waals surface area contributed by atoms with E-state index in [2.05, 4.69) is 22.5 Å². The number of nitrogens with two attached hydrogens (primary N) is 1. The van der Waals surface area contributed by atoms with Crippen LogP contribution < -0.4 is 5.73 Å². The van der Waals surface area contributed by atoms with Gasteiger partial charge in [0.15, 0.2) is 0 Å². The van der Waals surface area contributed by atoms with Gasteiger partial charge in [0.25, 0.3) is 5.91 Å². The molecule has 4 nitrogen and oxygen atoms in total. The van der Waals surface area contributed by atoms with Crippen molar-refractivity contribution in [3.8, 4) is 10.4 Å². The third-order valence-corrected chi connectivity index (χ3v) is 5.77. The first-order chi connectivity index (χ1) is 11.1. The second-order valence-corrected chi connectivity index (χ2v) is 7.26. The van der Waals surface area contributed by atoms with Gasteiger partial charge < -0.3 is 15.2 Å². The van der Waals surface area contributed by atoms with Crippen molar-refractivity contribution in [1.82, 2.24) is 9.47 Å². The second-order valence-electron chi connectivity index (χ2n) is 6.32. The first kappa shape index (κ1) is 16.3. The van der Waals surface area contributed by atoms with Crippen LogP contribution in [0.5, 0.6) is 0 Å². The van der Waals surface area contributed by atoms with Crippen LogP contribution in [0.25, 0.3) is 10.4 Å². The number of primary amides is 1. The van der Waals surface area contributed by atoms with Gasteiger partial charge in [0.2, 0.25) is 0 Å². The van der Waals surface area contributed by atoms with E-state index in [0.29, 0.717) is 5.56 Å². The summed E-state index contributed by atoms with van der Waals surface area (Å²) in [5.41, 5.74) is 9.53. The smallest absolute Gasteiger partial charge is 0.251 e. The van der Waals surface area contributed by atoms with E-state index < -0.39 is 0 Å². The molecule has 2 aromatic rings. The van der Waals surface area contributed by atoms with Gasteiger partial charge >= 0.3 is 0 Å². The average molecular weight is 331 g/mol. The van der Waals surface area contributed by atoms with Gasteiger partial charge in [0.05, 0.1) is 5.56 Å². The molecule has 0 aliphatic carbocycles. The summed E-state index contributed by atoms with van der Waals surface area (Å²) in [7, 11) is 0. The van der Waals surface area contributed by atoms with Crippen molar-refractivity contribution < 1.29 is 4.79 Å². The number of nitrogens with zero attached hydrogens (tertiary/aromatic N) is 2. The SMILES string of the molecule is Cc1c(C(N)=O)c(-c2cccs2)c(C)n1CCN1CCCCC1. The second kappa shape index (κ2) is 6.89. The number of hydrogen-bond donors (Lipinski definition) is 1. The number of amides is 1. The van der Waals surface area contributed by atoms with Crippen LogP contribution in [0, 0.1) is 13.8 Å². The Bertz CT molecular complexity index is 682. The average Bonchev–Trinajstić information content (AvgIpc) is 3.13. The molecule has 0 unspecified atom stereocenters. The molecular weight excluding hydrogens is 306 g/mol. The number of piperidine rings is 1. The van der Waals surface area contributed by atoms with E-state index in [4.69, 9.17) is 5.73 Å². The Labute approximate surface area is 141 Å². The summed E-state index contributed by atoms with van der Waals surface area (Å²) >= 11 is 1.66. The summed E-state index contributed by atoms with van der Waals surface area (Å²) < 4.78 is 2.27. The summed E-state index contributed by atoms with van der Waals surface area (Å²) in [5.74, 6) is -0.328. The van der Waals surface area contributed by atoms with Gasteiger partial charge in [-0.2, -0.15) is 0 Å². The normalized spacial score (nSPS) is 15.9. The first-order valence-electron chi connectivity index (χ1n) is 8.35. The van der Waals surface area contributed by atoms with Crippen LogP contribution >= 0.6 is 11.3 Å². The highest BCUT2D eigenvalue weighted by Gasteiger charge is 2.23. The lowest BCUT2D eigenvalue weighted by molar-refractivity contribution is 0.1000. The van der Waals surface area contributed by atoms with Crippen molar-refractivity contribution in [3.63, 3.8) is 0 Å². The van der Waals surface area contributed by atoms with Gasteiger partial charge in [-0.05, 0) is 51.2 Å². The van der Waals surface area contributed by atoms with Crippen LogP contribution in [0.15, 0.2) is 17.5 Å². The predicted octanol–water partition coefficient (Wildman–Crippen LogP) is 3.42. The molecule has 0 spiro atoms. The molecule has 2 N–H and O–H groups in total. The van der Waals surface area contributed by atoms with Crippen molar-refractivity contribution in [2.75, 3.05) is 19.6 Å². The summed E-state index contributed by atoms with van der Waals surface area (Å²) in [6, 6.07) is 4.08. The number of aromatic nitrogens is 1. The van der Waals surface area contributed by atoms with Crippen LogP contribution in [0.4, 0.5) is 0 Å². The maximum Gasteiger partial charge on any atom is 0.251 e. The molecule has 3 heterocycles. The fraction of sp³-hybridized carbons (Fsp3) is 0.500. The minimum atomic E-state index is -0.328. The number of rotatable bonds is 5. The lowest BCUT2D eigenvalue weighted by atomic mass is 10.1. The number of carbonyl (C=O) groups excluding carboxylic acids is 1. The van der Waals surface area contributed by atoms with Crippen molar-refractivity contribution in [3.05, 3.63) is 34.5 Å². The molecule has 0 aromatic carbocycles. The van der Waals surface area contributed by atoms with Crippen molar-refractivity contribution >= 4 is 17.2 Å². The van der Waals surface area contributed by atoms with E-state index in [1.165, 1.54) is 32.4 Å². The maximum absolute atomic E-state index is 12.0. The lowest BCUT2D eigenvalue weighted by Gasteiger charge is -2.27. The molecule has 1 saturated heterocycles. The monoisotopic (exact) mass is 331 g/mol. The van der Waals surface area contributed by atoms with E-state index in [9.17, 15) is 4.79 Å². The zero-order valence-electron chi connectivity index (χ0n) is 14.0. The fourth-order valence-electron chi connectivity index (χ4n) is 3.67. The molecule has 1 fully saturated rings. The molecule has 1 aliphatic heterocycles. The van der Waals surface area contributed by atoms with E-state index in [-0.39, 0.29) is 5.91 Å². The Morgan fingerprint density at radius 3 is 2.52 bits per heavy atom. The Hall–Kier alpha value is -1.59. The molecule has 5 heteroatoms. The Kier molecular flexibility index (Phi) is 4.87. The zero-order chi connectivity index (χ0) is 16.4. The Morgan fingerprint density at radius 2 is 1.91 bits per heavy atom. The van der Waals surface area contributed by atoms with Crippen LogP contribution in [0.3, 0.4) is 0 Å². The zero-order valence-corrected chi connectivity index (χ0v) is 14.8. The van der Waals surface area contributed by atoms with Gasteiger partial charge in [-0.1, -0.05) is 12.5 Å².